The molecule has 0 aliphatic rings. The van der Waals surface area contributed by atoms with Crippen molar-refractivity contribution in [2.24, 2.45) is 0 Å². The van der Waals surface area contributed by atoms with Crippen molar-refractivity contribution in [2.45, 2.75) is 12.0 Å². The summed E-state index contributed by atoms with van der Waals surface area (Å²) in [4.78, 5) is 0. The Balaban J connectivity index is 2.48. The lowest BCUT2D eigenvalue weighted by Crippen LogP contribution is -2.31. The summed E-state index contributed by atoms with van der Waals surface area (Å²) >= 11 is 0. The second kappa shape index (κ2) is 6.50. The fourth-order valence-corrected chi connectivity index (χ4v) is 2.45. The molecule has 2 aromatic carbocycles. The molecule has 0 radical (unpaired) electrons. The third kappa shape index (κ3) is 2.86. The lowest BCUT2D eigenvalue weighted by Gasteiger charge is -2.33. The SMILES string of the molecule is COCCC(OC)(c1ccccc1)c1ccccc1. The lowest BCUT2D eigenvalue weighted by atomic mass is 9.83. The largest absolute Gasteiger partial charge is 0.385 e. The van der Waals surface area contributed by atoms with Crippen LogP contribution in [0.25, 0.3) is 0 Å². The first kappa shape index (κ1) is 13.8. The van der Waals surface area contributed by atoms with Gasteiger partial charge in [-0.2, -0.15) is 0 Å². The Hall–Kier alpha value is -1.64. The second-order valence-corrected chi connectivity index (χ2v) is 4.51. The van der Waals surface area contributed by atoms with E-state index in [1.165, 1.54) is 0 Å². The summed E-state index contributed by atoms with van der Waals surface area (Å²) in [6, 6.07) is 20.6. The molecular weight excluding hydrogens is 236 g/mol. The van der Waals surface area contributed by atoms with Crippen molar-refractivity contribution in [1.82, 2.24) is 0 Å². The third-order valence-corrected chi connectivity index (χ3v) is 3.49. The van der Waals surface area contributed by atoms with Gasteiger partial charge in [0.25, 0.3) is 0 Å². The zero-order valence-corrected chi connectivity index (χ0v) is 11.5. The number of ether oxygens (including phenoxy) is 2. The normalized spacial score (nSPS) is 11.5. The summed E-state index contributed by atoms with van der Waals surface area (Å²) in [7, 11) is 3.48. The van der Waals surface area contributed by atoms with E-state index < -0.39 is 5.60 Å². The molecule has 0 N–H and O–H groups in total. The number of hydrogen-bond acceptors (Lipinski definition) is 2. The van der Waals surface area contributed by atoms with Crippen LogP contribution in [0.3, 0.4) is 0 Å². The summed E-state index contributed by atoms with van der Waals surface area (Å²) in [5.41, 5.74) is 1.86. The minimum Gasteiger partial charge on any atom is -0.385 e. The van der Waals surface area contributed by atoms with Crippen molar-refractivity contribution >= 4 is 0 Å². The molecular formula is C17H20O2. The Labute approximate surface area is 115 Å². The van der Waals surface area contributed by atoms with Gasteiger partial charge in [-0.25, -0.2) is 0 Å². The highest BCUT2D eigenvalue weighted by molar-refractivity contribution is 5.36. The van der Waals surface area contributed by atoms with Crippen molar-refractivity contribution in [3.8, 4) is 0 Å². The Morgan fingerprint density at radius 1 is 0.789 bits per heavy atom. The number of methoxy groups -OCH3 is 2. The molecule has 0 aromatic heterocycles. The van der Waals surface area contributed by atoms with Crippen LogP contribution < -0.4 is 0 Å². The predicted molar refractivity (Wildman–Crippen MR) is 77.2 cm³/mol. The van der Waals surface area contributed by atoms with Crippen LogP contribution in [-0.2, 0) is 15.1 Å². The summed E-state index contributed by atoms with van der Waals surface area (Å²) in [5, 5.41) is 0. The highest BCUT2D eigenvalue weighted by Crippen LogP contribution is 2.36. The fourth-order valence-electron chi connectivity index (χ4n) is 2.45. The molecule has 2 nitrogen and oxygen atoms in total. The lowest BCUT2D eigenvalue weighted by molar-refractivity contribution is -0.00436. The smallest absolute Gasteiger partial charge is 0.120 e. The van der Waals surface area contributed by atoms with Gasteiger partial charge in [0.1, 0.15) is 5.60 Å². The standard InChI is InChI=1S/C17H20O2/c1-18-14-13-17(19-2,15-9-5-3-6-10-15)16-11-7-4-8-12-16/h3-12H,13-14H2,1-2H3. The van der Waals surface area contributed by atoms with Crippen LogP contribution in [0.4, 0.5) is 0 Å². The molecule has 0 saturated heterocycles. The van der Waals surface area contributed by atoms with E-state index in [2.05, 4.69) is 24.3 Å². The first-order chi connectivity index (χ1) is 9.33. The van der Waals surface area contributed by atoms with Crippen molar-refractivity contribution in [1.29, 1.82) is 0 Å². The topological polar surface area (TPSA) is 18.5 Å². The zero-order chi connectivity index (χ0) is 13.6. The average molecular weight is 256 g/mol. The van der Waals surface area contributed by atoms with Crippen LogP contribution in [0, 0.1) is 0 Å². The highest BCUT2D eigenvalue weighted by atomic mass is 16.5. The maximum Gasteiger partial charge on any atom is 0.120 e. The molecule has 0 saturated carbocycles. The maximum atomic E-state index is 5.93. The van der Waals surface area contributed by atoms with E-state index in [-0.39, 0.29) is 0 Å². The predicted octanol–water partition coefficient (Wildman–Crippen LogP) is 3.61. The van der Waals surface area contributed by atoms with E-state index in [0.717, 1.165) is 17.5 Å². The quantitative estimate of drug-likeness (QED) is 0.786. The van der Waals surface area contributed by atoms with Crippen LogP contribution in [0.1, 0.15) is 17.5 Å². The van der Waals surface area contributed by atoms with E-state index >= 15 is 0 Å². The minimum absolute atomic E-state index is 0.446. The van der Waals surface area contributed by atoms with Crippen molar-refractivity contribution in [3.05, 3.63) is 71.8 Å². The molecule has 0 heterocycles. The third-order valence-electron chi connectivity index (χ3n) is 3.49. The van der Waals surface area contributed by atoms with Crippen molar-refractivity contribution in [3.63, 3.8) is 0 Å². The molecule has 19 heavy (non-hydrogen) atoms. The summed E-state index contributed by atoms with van der Waals surface area (Å²) in [6.07, 6.45) is 0.786. The molecule has 100 valence electrons. The van der Waals surface area contributed by atoms with Crippen molar-refractivity contribution in [2.75, 3.05) is 20.8 Å². The molecule has 0 atom stereocenters. The summed E-state index contributed by atoms with van der Waals surface area (Å²) in [6.45, 7) is 0.650. The molecule has 0 unspecified atom stereocenters. The van der Waals surface area contributed by atoms with Gasteiger partial charge in [0.2, 0.25) is 0 Å². The molecule has 0 bridgehead atoms. The molecule has 2 heteroatoms. The van der Waals surface area contributed by atoms with E-state index in [9.17, 15) is 0 Å². The molecule has 2 rings (SSSR count). The average Bonchev–Trinajstić information content (AvgIpc) is 2.51. The van der Waals surface area contributed by atoms with Crippen LogP contribution >= 0.6 is 0 Å². The Bertz CT molecular complexity index is 440. The Kier molecular flexibility index (Phi) is 4.72. The van der Waals surface area contributed by atoms with E-state index in [1.807, 2.05) is 36.4 Å². The zero-order valence-electron chi connectivity index (χ0n) is 11.5. The van der Waals surface area contributed by atoms with Gasteiger partial charge < -0.3 is 9.47 Å². The van der Waals surface area contributed by atoms with Crippen LogP contribution in [0.15, 0.2) is 60.7 Å². The van der Waals surface area contributed by atoms with Gasteiger partial charge in [-0.1, -0.05) is 60.7 Å². The van der Waals surface area contributed by atoms with Crippen LogP contribution in [-0.4, -0.2) is 20.8 Å². The summed E-state index contributed by atoms with van der Waals surface area (Å²) < 4.78 is 11.2. The Morgan fingerprint density at radius 3 is 1.63 bits per heavy atom. The van der Waals surface area contributed by atoms with Gasteiger partial charge in [0.05, 0.1) is 0 Å². The number of benzene rings is 2. The van der Waals surface area contributed by atoms with Gasteiger partial charge in [0, 0.05) is 27.2 Å². The molecule has 0 aliphatic heterocycles. The second-order valence-electron chi connectivity index (χ2n) is 4.51. The first-order valence-electron chi connectivity index (χ1n) is 6.48. The Morgan fingerprint density at radius 2 is 1.26 bits per heavy atom. The molecule has 0 fully saturated rings. The van der Waals surface area contributed by atoms with Gasteiger partial charge in [0.15, 0.2) is 0 Å². The van der Waals surface area contributed by atoms with E-state index in [1.54, 1.807) is 14.2 Å². The van der Waals surface area contributed by atoms with Crippen LogP contribution in [0.5, 0.6) is 0 Å². The fraction of sp³-hybridized carbons (Fsp3) is 0.294. The van der Waals surface area contributed by atoms with Crippen molar-refractivity contribution < 1.29 is 9.47 Å². The number of rotatable bonds is 6. The minimum atomic E-state index is -0.446. The highest BCUT2D eigenvalue weighted by Gasteiger charge is 2.33. The van der Waals surface area contributed by atoms with Gasteiger partial charge >= 0.3 is 0 Å². The molecule has 2 aromatic rings. The van der Waals surface area contributed by atoms with E-state index in [4.69, 9.17) is 9.47 Å². The molecule has 0 spiro atoms. The summed E-state index contributed by atoms with van der Waals surface area (Å²) in [5.74, 6) is 0. The van der Waals surface area contributed by atoms with Gasteiger partial charge in [-0.3, -0.25) is 0 Å². The van der Waals surface area contributed by atoms with Gasteiger partial charge in [-0.15, -0.1) is 0 Å². The monoisotopic (exact) mass is 256 g/mol. The molecule has 0 aliphatic carbocycles. The van der Waals surface area contributed by atoms with E-state index in [0.29, 0.717) is 6.61 Å². The molecule has 0 amide bonds. The number of hydrogen-bond donors (Lipinski definition) is 0. The maximum absolute atomic E-state index is 5.93. The van der Waals surface area contributed by atoms with Crippen LogP contribution in [0.2, 0.25) is 0 Å². The first-order valence-corrected chi connectivity index (χ1v) is 6.48. The van der Waals surface area contributed by atoms with Gasteiger partial charge in [-0.05, 0) is 11.1 Å².